The second-order valence-electron chi connectivity index (χ2n) is 6.60. The van der Waals surface area contributed by atoms with E-state index in [1.807, 2.05) is 10.7 Å². The predicted molar refractivity (Wildman–Crippen MR) is 94.3 cm³/mol. The first-order chi connectivity index (χ1) is 12.1. The molecule has 0 bridgehead atoms. The van der Waals surface area contributed by atoms with Crippen molar-refractivity contribution in [2.45, 2.75) is 57.7 Å². The summed E-state index contributed by atoms with van der Waals surface area (Å²) < 4.78 is 7.09. The zero-order chi connectivity index (χ0) is 17.8. The number of urea groups is 1. The third-order valence-electron chi connectivity index (χ3n) is 4.92. The Morgan fingerprint density at radius 2 is 2.36 bits per heavy atom. The van der Waals surface area contributed by atoms with Gasteiger partial charge in [0.05, 0.1) is 18.5 Å². The first-order valence-electron chi connectivity index (χ1n) is 8.92. The molecule has 3 unspecified atom stereocenters. The van der Waals surface area contributed by atoms with Gasteiger partial charge >= 0.3 is 6.03 Å². The average Bonchev–Trinajstić information content (AvgIpc) is 3.35. The predicted octanol–water partition coefficient (Wildman–Crippen LogP) is 3.57. The largest absolute Gasteiger partial charge is 0.467 e. The minimum Gasteiger partial charge on any atom is -0.467 e. The zero-order valence-electron chi connectivity index (χ0n) is 14.8. The highest BCUT2D eigenvalue weighted by molar-refractivity contribution is 5.88. The first-order valence-corrected chi connectivity index (χ1v) is 8.92. The third kappa shape index (κ3) is 3.87. The van der Waals surface area contributed by atoms with Crippen LogP contribution in [0.1, 0.15) is 57.4 Å². The Kier molecular flexibility index (Phi) is 5.43. The number of aliphatic hydroxyl groups is 1. The highest BCUT2D eigenvalue weighted by atomic mass is 16.4. The third-order valence-corrected chi connectivity index (χ3v) is 4.92. The van der Waals surface area contributed by atoms with Crippen molar-refractivity contribution in [3.63, 3.8) is 0 Å². The number of carbonyl (C=O) groups excluding carboxylic acids is 1. The normalized spacial score (nSPS) is 19.8. The van der Waals surface area contributed by atoms with Gasteiger partial charge in [0.15, 0.2) is 0 Å². The molecule has 0 saturated carbocycles. The Hall–Kier alpha value is -2.28. The molecule has 7 nitrogen and oxygen atoms in total. The number of nitrogens with one attached hydrogen (secondary N) is 1. The lowest BCUT2D eigenvalue weighted by atomic mass is 10.1. The van der Waals surface area contributed by atoms with Crippen LogP contribution >= 0.6 is 0 Å². The number of hydrogen-bond donors (Lipinski definition) is 2. The molecule has 2 N–H and O–H groups in total. The number of rotatable bonds is 6. The van der Waals surface area contributed by atoms with Gasteiger partial charge < -0.3 is 14.4 Å². The second-order valence-corrected chi connectivity index (χ2v) is 6.60. The monoisotopic (exact) mass is 346 g/mol. The number of nitrogens with zero attached hydrogens (tertiary/aromatic N) is 3. The average molecular weight is 346 g/mol. The molecule has 0 spiro atoms. The minimum absolute atomic E-state index is 0.0000649. The van der Waals surface area contributed by atoms with Crippen LogP contribution in [0.25, 0.3) is 0 Å². The molecule has 1 saturated heterocycles. The Bertz CT molecular complexity index is 682. The molecule has 25 heavy (non-hydrogen) atoms. The van der Waals surface area contributed by atoms with Gasteiger partial charge in [-0.15, -0.1) is 0 Å². The Morgan fingerprint density at radius 1 is 1.52 bits per heavy atom. The van der Waals surface area contributed by atoms with E-state index in [2.05, 4.69) is 24.3 Å². The van der Waals surface area contributed by atoms with Gasteiger partial charge in [-0.2, -0.15) is 5.10 Å². The molecule has 7 heteroatoms. The van der Waals surface area contributed by atoms with E-state index in [0.29, 0.717) is 24.5 Å². The van der Waals surface area contributed by atoms with Crippen LogP contribution in [0.3, 0.4) is 0 Å². The van der Waals surface area contributed by atoms with Gasteiger partial charge in [0.2, 0.25) is 0 Å². The van der Waals surface area contributed by atoms with Gasteiger partial charge in [0.25, 0.3) is 0 Å². The number of anilines is 1. The number of likely N-dealkylation sites (tertiary alicyclic amines) is 1. The summed E-state index contributed by atoms with van der Waals surface area (Å²) in [5, 5.41) is 17.6. The number of amides is 2. The van der Waals surface area contributed by atoms with Crippen LogP contribution in [0.5, 0.6) is 0 Å². The quantitative estimate of drug-likeness (QED) is 0.837. The molecule has 1 aliphatic rings. The molecule has 2 aromatic heterocycles. The molecule has 3 atom stereocenters. The summed E-state index contributed by atoms with van der Waals surface area (Å²) >= 11 is 0. The lowest BCUT2D eigenvalue weighted by Gasteiger charge is -2.26. The molecule has 2 amide bonds. The Labute approximate surface area is 147 Å². The number of hydrogen-bond acceptors (Lipinski definition) is 4. The summed E-state index contributed by atoms with van der Waals surface area (Å²) in [5.74, 6) is 1.25. The van der Waals surface area contributed by atoms with Crippen molar-refractivity contribution < 1.29 is 14.3 Å². The molecule has 1 fully saturated rings. The van der Waals surface area contributed by atoms with Crippen LogP contribution in [0.15, 0.2) is 35.1 Å². The standard InChI is InChI=1S/C18H26N4O3/c1-3-13(2)22-17(8-9-19-22)20-18(24)21-10-4-6-14(21)12-15(23)16-7-5-11-25-16/h5,7-9,11,13-15,23H,3-4,6,10,12H2,1-2H3,(H,20,24). The lowest BCUT2D eigenvalue weighted by molar-refractivity contribution is 0.110. The van der Waals surface area contributed by atoms with Crippen LogP contribution in [0.4, 0.5) is 10.6 Å². The lowest BCUT2D eigenvalue weighted by Crippen LogP contribution is -2.40. The number of aromatic nitrogens is 2. The van der Waals surface area contributed by atoms with Crippen molar-refractivity contribution in [1.82, 2.24) is 14.7 Å². The van der Waals surface area contributed by atoms with E-state index in [1.54, 1.807) is 29.5 Å². The molecule has 3 heterocycles. The minimum atomic E-state index is -0.695. The summed E-state index contributed by atoms with van der Waals surface area (Å²) in [5.41, 5.74) is 0. The highest BCUT2D eigenvalue weighted by Crippen LogP contribution is 2.28. The van der Waals surface area contributed by atoms with Crippen LogP contribution in [0, 0.1) is 0 Å². The molecule has 0 aliphatic carbocycles. The fourth-order valence-corrected chi connectivity index (χ4v) is 3.32. The molecular formula is C18H26N4O3. The van der Waals surface area contributed by atoms with Crippen molar-refractivity contribution >= 4 is 11.8 Å². The Morgan fingerprint density at radius 3 is 3.08 bits per heavy atom. The highest BCUT2D eigenvalue weighted by Gasteiger charge is 2.31. The van der Waals surface area contributed by atoms with Gasteiger partial charge in [-0.05, 0) is 38.3 Å². The summed E-state index contributed by atoms with van der Waals surface area (Å²) in [7, 11) is 0. The SMILES string of the molecule is CCC(C)n1nccc1NC(=O)N1CCCC1CC(O)c1ccco1. The molecular weight excluding hydrogens is 320 g/mol. The summed E-state index contributed by atoms with van der Waals surface area (Å²) in [6.07, 6.45) is 5.79. The van der Waals surface area contributed by atoms with Crippen LogP contribution in [0.2, 0.25) is 0 Å². The van der Waals surface area contributed by atoms with E-state index in [9.17, 15) is 9.90 Å². The van der Waals surface area contributed by atoms with E-state index in [4.69, 9.17) is 4.42 Å². The number of aliphatic hydroxyl groups excluding tert-OH is 1. The van der Waals surface area contributed by atoms with Gasteiger partial charge in [-0.1, -0.05) is 6.92 Å². The maximum Gasteiger partial charge on any atom is 0.323 e. The van der Waals surface area contributed by atoms with Crippen molar-refractivity contribution in [2.24, 2.45) is 0 Å². The van der Waals surface area contributed by atoms with Gasteiger partial charge in [-0.25, -0.2) is 9.48 Å². The second kappa shape index (κ2) is 7.74. The van der Waals surface area contributed by atoms with E-state index >= 15 is 0 Å². The molecule has 0 aromatic carbocycles. The maximum atomic E-state index is 12.7. The summed E-state index contributed by atoms with van der Waals surface area (Å²) in [6.45, 7) is 4.85. The van der Waals surface area contributed by atoms with Crippen LogP contribution < -0.4 is 5.32 Å². The van der Waals surface area contributed by atoms with E-state index in [0.717, 1.165) is 19.3 Å². The van der Waals surface area contributed by atoms with Gasteiger partial charge in [0, 0.05) is 25.1 Å². The molecule has 0 radical (unpaired) electrons. The summed E-state index contributed by atoms with van der Waals surface area (Å²) in [4.78, 5) is 14.5. The van der Waals surface area contributed by atoms with Gasteiger partial charge in [0.1, 0.15) is 17.7 Å². The van der Waals surface area contributed by atoms with Crippen molar-refractivity contribution in [3.05, 3.63) is 36.4 Å². The molecule has 3 rings (SSSR count). The zero-order valence-corrected chi connectivity index (χ0v) is 14.8. The maximum absolute atomic E-state index is 12.7. The van der Waals surface area contributed by atoms with Crippen molar-refractivity contribution in [2.75, 3.05) is 11.9 Å². The topological polar surface area (TPSA) is 83.5 Å². The number of furan rings is 1. The van der Waals surface area contributed by atoms with E-state index in [-0.39, 0.29) is 18.1 Å². The Balaban J connectivity index is 1.64. The van der Waals surface area contributed by atoms with Crippen LogP contribution in [-0.4, -0.2) is 38.4 Å². The first kappa shape index (κ1) is 17.5. The van der Waals surface area contributed by atoms with E-state index in [1.165, 1.54) is 0 Å². The molecule has 2 aromatic rings. The van der Waals surface area contributed by atoms with Crippen LogP contribution in [-0.2, 0) is 0 Å². The van der Waals surface area contributed by atoms with E-state index < -0.39 is 6.10 Å². The smallest absolute Gasteiger partial charge is 0.323 e. The fourth-order valence-electron chi connectivity index (χ4n) is 3.32. The van der Waals surface area contributed by atoms with Crippen molar-refractivity contribution in [1.29, 1.82) is 0 Å². The molecule has 1 aliphatic heterocycles. The van der Waals surface area contributed by atoms with Gasteiger partial charge in [-0.3, -0.25) is 5.32 Å². The fraction of sp³-hybridized carbons (Fsp3) is 0.556. The number of carbonyl (C=O) groups is 1. The molecule has 136 valence electrons. The van der Waals surface area contributed by atoms with Crippen molar-refractivity contribution in [3.8, 4) is 0 Å². The summed E-state index contributed by atoms with van der Waals surface area (Å²) in [6, 6.07) is 5.41.